The topological polar surface area (TPSA) is 51.2 Å². The van der Waals surface area contributed by atoms with Crippen molar-refractivity contribution in [3.8, 4) is 0 Å². The Morgan fingerprint density at radius 3 is 2.42 bits per heavy atom. The summed E-state index contributed by atoms with van der Waals surface area (Å²) in [5, 5.41) is 0. The fourth-order valence-electron chi connectivity index (χ4n) is 1.51. The van der Waals surface area contributed by atoms with Gasteiger partial charge in [-0.05, 0) is 18.6 Å². The lowest BCUT2D eigenvalue weighted by atomic mass is 10.0. The summed E-state index contributed by atoms with van der Waals surface area (Å²) in [5.41, 5.74) is -0.940. The average molecular weight is 294 g/mol. The molecule has 0 bridgehead atoms. The summed E-state index contributed by atoms with van der Waals surface area (Å²) >= 11 is 0. The molecule has 0 aliphatic carbocycles. The lowest BCUT2D eigenvalue weighted by Crippen LogP contribution is -2.09. The second kappa shape index (κ2) is 5.73. The van der Waals surface area contributed by atoms with E-state index in [1.54, 1.807) is 0 Å². The fourth-order valence-corrected chi connectivity index (χ4v) is 2.18. The highest BCUT2D eigenvalue weighted by Crippen LogP contribution is 2.29. The van der Waals surface area contributed by atoms with E-state index in [9.17, 15) is 26.4 Å². The summed E-state index contributed by atoms with van der Waals surface area (Å²) in [5.74, 6) is -0.646. The maximum atomic E-state index is 12.4. The van der Waals surface area contributed by atoms with Crippen LogP contribution in [0.3, 0.4) is 0 Å². The first-order valence-corrected chi connectivity index (χ1v) is 7.54. The number of carbonyl (C=O) groups excluding carboxylic acids is 1. The van der Waals surface area contributed by atoms with E-state index in [1.165, 1.54) is 6.07 Å². The zero-order valence-corrected chi connectivity index (χ0v) is 11.0. The monoisotopic (exact) mass is 294 g/mol. The van der Waals surface area contributed by atoms with Crippen LogP contribution in [0.1, 0.15) is 28.8 Å². The highest BCUT2D eigenvalue weighted by Gasteiger charge is 2.30. The number of rotatable bonds is 5. The number of alkyl halides is 3. The van der Waals surface area contributed by atoms with Crippen LogP contribution in [0.2, 0.25) is 0 Å². The van der Waals surface area contributed by atoms with Crippen LogP contribution in [0.5, 0.6) is 0 Å². The molecule has 19 heavy (non-hydrogen) atoms. The van der Waals surface area contributed by atoms with E-state index in [4.69, 9.17) is 0 Å². The average Bonchev–Trinajstić information content (AvgIpc) is 2.26. The zero-order valence-electron chi connectivity index (χ0n) is 10.2. The second-order valence-electron chi connectivity index (χ2n) is 4.24. The molecule has 0 aromatic heterocycles. The number of hydrogen-bond acceptors (Lipinski definition) is 3. The SMILES string of the molecule is CS(=O)(=O)CCCC(=O)c1cccc(C(F)(F)F)c1. The molecule has 0 aliphatic heterocycles. The van der Waals surface area contributed by atoms with Crippen LogP contribution in [0, 0.1) is 0 Å². The van der Waals surface area contributed by atoms with Crippen molar-refractivity contribution >= 4 is 15.6 Å². The van der Waals surface area contributed by atoms with Gasteiger partial charge < -0.3 is 0 Å². The molecule has 1 aromatic rings. The Labute approximate surface area is 109 Å². The van der Waals surface area contributed by atoms with Crippen molar-refractivity contribution in [1.29, 1.82) is 0 Å². The molecule has 3 nitrogen and oxygen atoms in total. The van der Waals surface area contributed by atoms with Crippen molar-refractivity contribution in [3.05, 3.63) is 35.4 Å². The summed E-state index contributed by atoms with van der Waals surface area (Å²) in [7, 11) is -3.17. The molecule has 7 heteroatoms. The van der Waals surface area contributed by atoms with Crippen LogP contribution in [0.15, 0.2) is 24.3 Å². The van der Waals surface area contributed by atoms with Gasteiger partial charge in [-0.1, -0.05) is 12.1 Å². The molecule has 0 aliphatic rings. The van der Waals surface area contributed by atoms with Gasteiger partial charge in [0.05, 0.1) is 11.3 Å². The van der Waals surface area contributed by atoms with Gasteiger partial charge in [0.1, 0.15) is 9.84 Å². The highest BCUT2D eigenvalue weighted by atomic mass is 32.2. The third kappa shape index (κ3) is 5.42. The van der Waals surface area contributed by atoms with Crippen molar-refractivity contribution in [3.63, 3.8) is 0 Å². The van der Waals surface area contributed by atoms with Gasteiger partial charge in [-0.3, -0.25) is 4.79 Å². The minimum Gasteiger partial charge on any atom is -0.294 e. The summed E-state index contributed by atoms with van der Waals surface area (Å²) in [6.07, 6.45) is -3.44. The van der Waals surface area contributed by atoms with Crippen molar-refractivity contribution < 1.29 is 26.4 Å². The second-order valence-corrected chi connectivity index (χ2v) is 6.49. The van der Waals surface area contributed by atoms with Gasteiger partial charge in [-0.15, -0.1) is 0 Å². The molecule has 0 spiro atoms. The predicted molar refractivity (Wildman–Crippen MR) is 64.7 cm³/mol. The summed E-state index contributed by atoms with van der Waals surface area (Å²) in [6.45, 7) is 0. The first-order chi connectivity index (χ1) is 8.59. The number of sulfone groups is 1. The van der Waals surface area contributed by atoms with Gasteiger partial charge >= 0.3 is 6.18 Å². The smallest absolute Gasteiger partial charge is 0.294 e. The van der Waals surface area contributed by atoms with E-state index in [0.29, 0.717) is 0 Å². The molecule has 106 valence electrons. The maximum Gasteiger partial charge on any atom is 0.416 e. The molecule has 0 atom stereocenters. The summed E-state index contributed by atoms with van der Waals surface area (Å²) in [6, 6.07) is 4.11. The first kappa shape index (κ1) is 15.7. The van der Waals surface area contributed by atoms with Crippen LogP contribution in [-0.4, -0.2) is 26.2 Å². The van der Waals surface area contributed by atoms with E-state index in [-0.39, 0.29) is 24.2 Å². The van der Waals surface area contributed by atoms with Crippen molar-refractivity contribution in [2.45, 2.75) is 19.0 Å². The Hall–Kier alpha value is -1.37. The lowest BCUT2D eigenvalue weighted by molar-refractivity contribution is -0.137. The normalized spacial score (nSPS) is 12.4. The molecular formula is C12H13F3O3S. The van der Waals surface area contributed by atoms with Crippen LogP contribution >= 0.6 is 0 Å². The van der Waals surface area contributed by atoms with E-state index in [1.807, 2.05) is 0 Å². The van der Waals surface area contributed by atoms with Crippen molar-refractivity contribution in [1.82, 2.24) is 0 Å². The largest absolute Gasteiger partial charge is 0.416 e. The van der Waals surface area contributed by atoms with E-state index < -0.39 is 27.4 Å². The van der Waals surface area contributed by atoms with Gasteiger partial charge in [-0.25, -0.2) is 8.42 Å². The van der Waals surface area contributed by atoms with Crippen molar-refractivity contribution in [2.75, 3.05) is 12.0 Å². The number of halogens is 3. The van der Waals surface area contributed by atoms with Crippen LogP contribution in [0.25, 0.3) is 0 Å². The number of Topliss-reactive ketones (excluding diaryl/α,β-unsaturated/α-hetero) is 1. The number of carbonyl (C=O) groups is 1. The van der Waals surface area contributed by atoms with Crippen LogP contribution in [-0.2, 0) is 16.0 Å². The number of hydrogen-bond donors (Lipinski definition) is 0. The van der Waals surface area contributed by atoms with Gasteiger partial charge in [0, 0.05) is 18.2 Å². The van der Waals surface area contributed by atoms with Crippen LogP contribution < -0.4 is 0 Å². The Morgan fingerprint density at radius 1 is 1.26 bits per heavy atom. The van der Waals surface area contributed by atoms with E-state index in [0.717, 1.165) is 24.5 Å². The molecule has 0 heterocycles. The molecule has 0 N–H and O–H groups in total. The first-order valence-electron chi connectivity index (χ1n) is 5.48. The van der Waals surface area contributed by atoms with Crippen molar-refractivity contribution in [2.24, 2.45) is 0 Å². The summed E-state index contributed by atoms with van der Waals surface area (Å²) < 4.78 is 59.1. The number of benzene rings is 1. The molecule has 1 aromatic carbocycles. The highest BCUT2D eigenvalue weighted by molar-refractivity contribution is 7.90. The quantitative estimate of drug-likeness (QED) is 0.785. The molecule has 0 saturated carbocycles. The van der Waals surface area contributed by atoms with Gasteiger partial charge in [0.15, 0.2) is 5.78 Å². The number of ketones is 1. The Balaban J connectivity index is 2.73. The third-order valence-corrected chi connectivity index (χ3v) is 3.46. The van der Waals surface area contributed by atoms with Gasteiger partial charge in [0.2, 0.25) is 0 Å². The van der Waals surface area contributed by atoms with E-state index in [2.05, 4.69) is 0 Å². The predicted octanol–water partition coefficient (Wildman–Crippen LogP) is 2.71. The molecular weight excluding hydrogens is 281 g/mol. The maximum absolute atomic E-state index is 12.4. The Morgan fingerprint density at radius 2 is 1.89 bits per heavy atom. The fraction of sp³-hybridized carbons (Fsp3) is 0.417. The summed E-state index contributed by atoms with van der Waals surface area (Å²) in [4.78, 5) is 11.6. The standard InChI is InChI=1S/C12H13F3O3S/c1-19(17,18)7-3-6-11(16)9-4-2-5-10(8-9)12(13,14)15/h2,4-5,8H,3,6-7H2,1H3. The lowest BCUT2D eigenvalue weighted by Gasteiger charge is -2.08. The van der Waals surface area contributed by atoms with Gasteiger partial charge in [-0.2, -0.15) is 13.2 Å². The third-order valence-electron chi connectivity index (χ3n) is 2.43. The molecule has 0 amide bonds. The molecule has 0 unspecified atom stereocenters. The Bertz CT molecular complexity index is 562. The molecule has 0 saturated heterocycles. The molecule has 0 fully saturated rings. The molecule has 1 rings (SSSR count). The zero-order chi connectivity index (χ0) is 14.7. The Kier molecular flexibility index (Phi) is 4.73. The van der Waals surface area contributed by atoms with Crippen LogP contribution in [0.4, 0.5) is 13.2 Å². The van der Waals surface area contributed by atoms with Gasteiger partial charge in [0.25, 0.3) is 0 Å². The minimum absolute atomic E-state index is 0.0525. The molecule has 0 radical (unpaired) electrons. The van der Waals surface area contributed by atoms with E-state index >= 15 is 0 Å². The minimum atomic E-state index is -4.50.